The summed E-state index contributed by atoms with van der Waals surface area (Å²) in [5.41, 5.74) is 2.07. The van der Waals surface area contributed by atoms with E-state index in [-0.39, 0.29) is 16.5 Å². The molecule has 2 heterocycles. The lowest BCUT2D eigenvalue weighted by Gasteiger charge is -2.26. The molecule has 0 bridgehead atoms. The van der Waals surface area contributed by atoms with Crippen molar-refractivity contribution in [1.82, 2.24) is 14.6 Å². The maximum absolute atomic E-state index is 13.0. The average molecular weight is 422 g/mol. The highest BCUT2D eigenvalue weighted by atomic mass is 32.2. The topological polar surface area (TPSA) is 101 Å². The molecule has 1 aliphatic rings. The zero-order valence-corrected chi connectivity index (χ0v) is 17.8. The van der Waals surface area contributed by atoms with Gasteiger partial charge in [0.15, 0.2) is 0 Å². The van der Waals surface area contributed by atoms with Gasteiger partial charge in [-0.15, -0.1) is 0 Å². The summed E-state index contributed by atoms with van der Waals surface area (Å²) in [6.07, 6.45) is 0. The summed E-state index contributed by atoms with van der Waals surface area (Å²) in [4.78, 5) is 15.8. The van der Waals surface area contributed by atoms with Crippen molar-refractivity contribution in [2.24, 2.45) is 0 Å². The number of nitrogens with zero attached hydrogens (tertiary/aromatic N) is 1. The van der Waals surface area contributed by atoms with Gasteiger partial charge in [0.2, 0.25) is 10.0 Å². The van der Waals surface area contributed by atoms with Crippen LogP contribution in [0, 0.1) is 13.8 Å². The Kier molecular flexibility index (Phi) is 6.61. The average Bonchev–Trinajstić information content (AvgIpc) is 3.03. The standard InChI is InChI=1S/C20H27N3O5S/c1-4-28-17-7-5-16(6-8-17)13-21-20(24)18-14(2)19(15(3)22-18)29(25,26)23-9-11-27-12-10-23/h5-8,22H,4,9-13H2,1-3H3,(H,21,24). The fourth-order valence-corrected chi connectivity index (χ4v) is 5.22. The SMILES string of the molecule is CCOc1ccc(CNC(=O)c2[nH]c(C)c(S(=O)(=O)N3CCOCC3)c2C)cc1. The van der Waals surface area contributed by atoms with Crippen LogP contribution in [0.3, 0.4) is 0 Å². The summed E-state index contributed by atoms with van der Waals surface area (Å²) in [6, 6.07) is 7.46. The number of carbonyl (C=O) groups excluding carboxylic acids is 1. The number of rotatable bonds is 7. The fraction of sp³-hybridized carbons (Fsp3) is 0.450. The van der Waals surface area contributed by atoms with Gasteiger partial charge in [-0.05, 0) is 44.0 Å². The number of sulfonamides is 1. The smallest absolute Gasteiger partial charge is 0.268 e. The Hall–Kier alpha value is -2.36. The number of H-pyrrole nitrogens is 1. The van der Waals surface area contributed by atoms with E-state index in [0.717, 1.165) is 11.3 Å². The van der Waals surface area contributed by atoms with Crippen LogP contribution in [0.2, 0.25) is 0 Å². The van der Waals surface area contributed by atoms with Crippen molar-refractivity contribution in [2.75, 3.05) is 32.9 Å². The lowest BCUT2D eigenvalue weighted by Crippen LogP contribution is -2.41. The number of hydrogen-bond donors (Lipinski definition) is 2. The third-order valence-electron chi connectivity index (χ3n) is 4.85. The van der Waals surface area contributed by atoms with Gasteiger partial charge in [0.1, 0.15) is 16.3 Å². The highest BCUT2D eigenvalue weighted by Gasteiger charge is 2.32. The van der Waals surface area contributed by atoms with Crippen molar-refractivity contribution in [2.45, 2.75) is 32.2 Å². The second-order valence-electron chi connectivity index (χ2n) is 6.86. The first-order valence-electron chi connectivity index (χ1n) is 9.61. The van der Waals surface area contributed by atoms with Crippen molar-refractivity contribution >= 4 is 15.9 Å². The van der Waals surface area contributed by atoms with Crippen LogP contribution in [0.5, 0.6) is 5.75 Å². The minimum atomic E-state index is -3.69. The molecule has 0 spiro atoms. The van der Waals surface area contributed by atoms with Gasteiger partial charge in [-0.25, -0.2) is 8.42 Å². The molecule has 2 aromatic rings. The first kappa shape index (κ1) is 21.4. The second kappa shape index (κ2) is 8.98. The Morgan fingerprint density at radius 2 is 1.86 bits per heavy atom. The molecular formula is C20H27N3O5S. The van der Waals surface area contributed by atoms with Crippen LogP contribution in [0.1, 0.15) is 34.2 Å². The highest BCUT2D eigenvalue weighted by Crippen LogP contribution is 2.27. The summed E-state index contributed by atoms with van der Waals surface area (Å²) in [5.74, 6) is 0.430. The molecule has 8 nitrogen and oxygen atoms in total. The van der Waals surface area contributed by atoms with E-state index in [1.54, 1.807) is 13.8 Å². The molecule has 0 atom stereocenters. The second-order valence-corrected chi connectivity index (χ2v) is 8.73. The van der Waals surface area contributed by atoms with Gasteiger partial charge in [-0.2, -0.15) is 4.31 Å². The fourth-order valence-electron chi connectivity index (χ4n) is 3.40. The molecule has 3 rings (SSSR count). The van der Waals surface area contributed by atoms with Gasteiger partial charge in [-0.1, -0.05) is 12.1 Å². The molecule has 0 saturated carbocycles. The largest absolute Gasteiger partial charge is 0.494 e. The number of nitrogens with one attached hydrogen (secondary N) is 2. The molecule has 9 heteroatoms. The van der Waals surface area contributed by atoms with E-state index in [2.05, 4.69) is 10.3 Å². The van der Waals surface area contributed by atoms with E-state index in [1.165, 1.54) is 4.31 Å². The summed E-state index contributed by atoms with van der Waals surface area (Å²) in [6.45, 7) is 7.53. The van der Waals surface area contributed by atoms with Gasteiger partial charge < -0.3 is 19.8 Å². The number of carbonyl (C=O) groups is 1. The molecule has 158 valence electrons. The highest BCUT2D eigenvalue weighted by molar-refractivity contribution is 7.89. The zero-order chi connectivity index (χ0) is 21.0. The molecule has 1 amide bonds. The summed E-state index contributed by atoms with van der Waals surface area (Å²) in [5, 5.41) is 2.84. The Balaban J connectivity index is 1.74. The number of morpholine rings is 1. The summed E-state index contributed by atoms with van der Waals surface area (Å²) in [7, 11) is -3.69. The molecule has 0 aliphatic carbocycles. The molecule has 1 aromatic carbocycles. The number of aryl methyl sites for hydroxylation is 1. The molecule has 1 aromatic heterocycles. The first-order valence-corrected chi connectivity index (χ1v) is 11.1. The number of aromatic nitrogens is 1. The molecule has 1 saturated heterocycles. The first-order chi connectivity index (χ1) is 13.8. The van der Waals surface area contributed by atoms with Crippen LogP contribution in [0.25, 0.3) is 0 Å². The molecule has 29 heavy (non-hydrogen) atoms. The van der Waals surface area contributed by atoms with Crippen LogP contribution in [-0.2, 0) is 21.3 Å². The third-order valence-corrected chi connectivity index (χ3v) is 7.02. The number of ether oxygens (including phenoxy) is 2. The van der Waals surface area contributed by atoms with Crippen LogP contribution in [0.4, 0.5) is 0 Å². The van der Waals surface area contributed by atoms with E-state index >= 15 is 0 Å². The van der Waals surface area contributed by atoms with Crippen molar-refractivity contribution in [1.29, 1.82) is 0 Å². The van der Waals surface area contributed by atoms with Gasteiger partial charge in [0, 0.05) is 25.3 Å². The maximum atomic E-state index is 13.0. The van der Waals surface area contributed by atoms with Crippen molar-refractivity contribution in [3.63, 3.8) is 0 Å². The van der Waals surface area contributed by atoms with E-state index in [9.17, 15) is 13.2 Å². The molecular weight excluding hydrogens is 394 g/mol. The Morgan fingerprint density at radius 1 is 1.21 bits per heavy atom. The molecule has 0 unspecified atom stereocenters. The molecule has 1 fully saturated rings. The number of benzene rings is 1. The van der Waals surface area contributed by atoms with E-state index in [4.69, 9.17) is 9.47 Å². The number of amides is 1. The predicted molar refractivity (Wildman–Crippen MR) is 109 cm³/mol. The molecule has 0 radical (unpaired) electrons. The lowest BCUT2D eigenvalue weighted by molar-refractivity contribution is 0.0730. The van der Waals surface area contributed by atoms with Gasteiger partial charge >= 0.3 is 0 Å². The van der Waals surface area contributed by atoms with Crippen molar-refractivity contribution < 1.29 is 22.7 Å². The normalized spacial score (nSPS) is 15.3. The van der Waals surface area contributed by atoms with Crippen LogP contribution >= 0.6 is 0 Å². The van der Waals surface area contributed by atoms with Crippen LogP contribution < -0.4 is 10.1 Å². The summed E-state index contributed by atoms with van der Waals surface area (Å²) < 4.78 is 38.1. The molecule has 2 N–H and O–H groups in total. The lowest BCUT2D eigenvalue weighted by atomic mass is 10.2. The third kappa shape index (κ3) is 4.63. The minimum Gasteiger partial charge on any atom is -0.494 e. The van der Waals surface area contributed by atoms with Crippen LogP contribution in [-0.4, -0.2) is 56.5 Å². The number of aromatic amines is 1. The van der Waals surface area contributed by atoms with E-state index < -0.39 is 10.0 Å². The van der Waals surface area contributed by atoms with Crippen LogP contribution in [0.15, 0.2) is 29.2 Å². The Bertz CT molecular complexity index is 961. The van der Waals surface area contributed by atoms with Gasteiger partial charge in [-0.3, -0.25) is 4.79 Å². The Morgan fingerprint density at radius 3 is 2.48 bits per heavy atom. The van der Waals surface area contributed by atoms with Gasteiger partial charge in [0.05, 0.1) is 19.8 Å². The minimum absolute atomic E-state index is 0.172. The number of hydrogen-bond acceptors (Lipinski definition) is 5. The van der Waals surface area contributed by atoms with E-state index in [1.807, 2.05) is 31.2 Å². The van der Waals surface area contributed by atoms with Crippen molar-refractivity contribution in [3.8, 4) is 5.75 Å². The predicted octanol–water partition coefficient (Wildman–Crippen LogP) is 1.98. The zero-order valence-electron chi connectivity index (χ0n) is 16.9. The maximum Gasteiger partial charge on any atom is 0.268 e. The van der Waals surface area contributed by atoms with E-state index in [0.29, 0.717) is 50.7 Å². The van der Waals surface area contributed by atoms with Gasteiger partial charge in [0.25, 0.3) is 5.91 Å². The monoisotopic (exact) mass is 421 g/mol. The van der Waals surface area contributed by atoms with Crippen molar-refractivity contribution in [3.05, 3.63) is 46.8 Å². The summed E-state index contributed by atoms with van der Waals surface area (Å²) >= 11 is 0. The molecule has 1 aliphatic heterocycles. The quantitative estimate of drug-likeness (QED) is 0.712. The Labute approximate surface area is 171 Å².